The van der Waals surface area contributed by atoms with E-state index in [1.165, 1.54) is 19.0 Å². The number of aromatic nitrogens is 2. The first kappa shape index (κ1) is 15.4. The largest absolute Gasteiger partial charge is 0.369 e. The molecule has 0 radical (unpaired) electrons. The van der Waals surface area contributed by atoms with E-state index in [9.17, 15) is 4.79 Å². The third-order valence-corrected chi connectivity index (χ3v) is 2.79. The van der Waals surface area contributed by atoms with E-state index in [0.717, 1.165) is 31.6 Å². The lowest BCUT2D eigenvalue weighted by Gasteiger charge is -2.06. The molecular weight excluding hydrogens is 240 g/mol. The van der Waals surface area contributed by atoms with Gasteiger partial charge in [-0.15, -0.1) is 0 Å². The van der Waals surface area contributed by atoms with Crippen LogP contribution in [0.2, 0.25) is 0 Å². The molecule has 0 spiro atoms. The molecule has 0 saturated carbocycles. The first-order valence-corrected chi connectivity index (χ1v) is 7.12. The van der Waals surface area contributed by atoms with E-state index >= 15 is 0 Å². The van der Waals surface area contributed by atoms with Gasteiger partial charge in [0, 0.05) is 13.1 Å². The molecular formula is C14H24N4O. The molecule has 0 atom stereocenters. The van der Waals surface area contributed by atoms with E-state index in [0.29, 0.717) is 12.2 Å². The standard InChI is InChI=1S/C14H24N4O/c1-3-5-7-9-15-13-11-17-12(10-18-13)14(19)16-8-6-4-2/h10-11H,3-9H2,1-2H3,(H,15,18)(H,16,19). The van der Waals surface area contributed by atoms with Gasteiger partial charge in [-0.05, 0) is 12.8 Å². The van der Waals surface area contributed by atoms with Crippen LogP contribution in [0.5, 0.6) is 0 Å². The summed E-state index contributed by atoms with van der Waals surface area (Å²) in [5.41, 5.74) is 0.371. The van der Waals surface area contributed by atoms with E-state index < -0.39 is 0 Å². The zero-order valence-electron chi connectivity index (χ0n) is 11.9. The fourth-order valence-electron chi connectivity index (χ4n) is 1.60. The van der Waals surface area contributed by atoms with Gasteiger partial charge in [-0.3, -0.25) is 4.79 Å². The molecule has 5 nitrogen and oxygen atoms in total. The van der Waals surface area contributed by atoms with Crippen molar-refractivity contribution in [2.24, 2.45) is 0 Å². The number of amides is 1. The number of hydrogen-bond donors (Lipinski definition) is 2. The Bertz CT molecular complexity index is 364. The lowest BCUT2D eigenvalue weighted by Crippen LogP contribution is -2.25. The van der Waals surface area contributed by atoms with Gasteiger partial charge in [-0.2, -0.15) is 0 Å². The second-order valence-electron chi connectivity index (χ2n) is 4.53. The maximum absolute atomic E-state index is 11.7. The Kier molecular flexibility index (Phi) is 7.54. The Hall–Kier alpha value is -1.65. The molecule has 1 aromatic heterocycles. The van der Waals surface area contributed by atoms with E-state index in [1.807, 2.05) is 0 Å². The van der Waals surface area contributed by atoms with Gasteiger partial charge in [0.05, 0.1) is 12.4 Å². The lowest BCUT2D eigenvalue weighted by molar-refractivity contribution is 0.0948. The Morgan fingerprint density at radius 3 is 2.47 bits per heavy atom. The van der Waals surface area contributed by atoms with Crippen molar-refractivity contribution in [3.8, 4) is 0 Å². The highest BCUT2D eigenvalue weighted by Crippen LogP contribution is 2.02. The molecule has 0 aliphatic carbocycles. The number of unbranched alkanes of at least 4 members (excludes halogenated alkanes) is 3. The quantitative estimate of drug-likeness (QED) is 0.673. The highest BCUT2D eigenvalue weighted by Gasteiger charge is 2.06. The molecule has 0 aromatic carbocycles. The summed E-state index contributed by atoms with van der Waals surface area (Å²) in [6.45, 7) is 5.84. The minimum Gasteiger partial charge on any atom is -0.369 e. The van der Waals surface area contributed by atoms with E-state index in [2.05, 4.69) is 34.4 Å². The molecule has 1 heterocycles. The van der Waals surface area contributed by atoms with Crippen LogP contribution in [0.25, 0.3) is 0 Å². The number of carbonyl (C=O) groups is 1. The fourth-order valence-corrected chi connectivity index (χ4v) is 1.60. The predicted molar refractivity (Wildman–Crippen MR) is 77.3 cm³/mol. The Morgan fingerprint density at radius 1 is 1.05 bits per heavy atom. The zero-order chi connectivity index (χ0) is 13.9. The number of rotatable bonds is 9. The van der Waals surface area contributed by atoms with Crippen LogP contribution < -0.4 is 10.6 Å². The average Bonchev–Trinajstić information content (AvgIpc) is 2.44. The molecule has 0 bridgehead atoms. The van der Waals surface area contributed by atoms with Crippen LogP contribution in [0.1, 0.15) is 56.4 Å². The number of nitrogens with one attached hydrogen (secondary N) is 2. The van der Waals surface area contributed by atoms with Gasteiger partial charge >= 0.3 is 0 Å². The van der Waals surface area contributed by atoms with Crippen molar-refractivity contribution in [1.29, 1.82) is 0 Å². The second kappa shape index (κ2) is 9.30. The maximum atomic E-state index is 11.7. The van der Waals surface area contributed by atoms with Crippen LogP contribution in [0.3, 0.4) is 0 Å². The monoisotopic (exact) mass is 264 g/mol. The molecule has 1 aromatic rings. The van der Waals surface area contributed by atoms with E-state index in [1.54, 1.807) is 6.20 Å². The molecule has 0 saturated heterocycles. The van der Waals surface area contributed by atoms with Crippen LogP contribution >= 0.6 is 0 Å². The average molecular weight is 264 g/mol. The normalized spacial score (nSPS) is 10.2. The highest BCUT2D eigenvalue weighted by atomic mass is 16.1. The number of carbonyl (C=O) groups excluding carboxylic acids is 1. The smallest absolute Gasteiger partial charge is 0.271 e. The van der Waals surface area contributed by atoms with Gasteiger partial charge in [0.1, 0.15) is 11.5 Å². The summed E-state index contributed by atoms with van der Waals surface area (Å²) in [4.78, 5) is 20.0. The summed E-state index contributed by atoms with van der Waals surface area (Å²) < 4.78 is 0. The maximum Gasteiger partial charge on any atom is 0.271 e. The minimum atomic E-state index is -0.154. The van der Waals surface area contributed by atoms with Crippen molar-refractivity contribution in [3.05, 3.63) is 18.1 Å². The van der Waals surface area contributed by atoms with Crippen molar-refractivity contribution in [2.75, 3.05) is 18.4 Å². The van der Waals surface area contributed by atoms with Crippen molar-refractivity contribution in [2.45, 2.75) is 46.0 Å². The first-order valence-electron chi connectivity index (χ1n) is 7.12. The fraction of sp³-hybridized carbons (Fsp3) is 0.643. The van der Waals surface area contributed by atoms with E-state index in [4.69, 9.17) is 0 Å². The molecule has 19 heavy (non-hydrogen) atoms. The van der Waals surface area contributed by atoms with Gasteiger partial charge in [-0.1, -0.05) is 33.1 Å². The molecule has 1 amide bonds. The van der Waals surface area contributed by atoms with Gasteiger partial charge in [0.15, 0.2) is 0 Å². The molecule has 2 N–H and O–H groups in total. The van der Waals surface area contributed by atoms with Crippen molar-refractivity contribution in [1.82, 2.24) is 15.3 Å². The summed E-state index contributed by atoms with van der Waals surface area (Å²) >= 11 is 0. The summed E-state index contributed by atoms with van der Waals surface area (Å²) in [5.74, 6) is 0.569. The van der Waals surface area contributed by atoms with Crippen molar-refractivity contribution in [3.63, 3.8) is 0 Å². The summed E-state index contributed by atoms with van der Waals surface area (Å²) in [6, 6.07) is 0. The Morgan fingerprint density at radius 2 is 1.84 bits per heavy atom. The van der Waals surface area contributed by atoms with Gasteiger partial charge < -0.3 is 10.6 Å². The molecule has 0 unspecified atom stereocenters. The highest BCUT2D eigenvalue weighted by molar-refractivity contribution is 5.91. The SMILES string of the molecule is CCCCCNc1cnc(C(=O)NCCCC)cn1. The van der Waals surface area contributed by atoms with Crippen LogP contribution in [0.15, 0.2) is 12.4 Å². The number of anilines is 1. The topological polar surface area (TPSA) is 66.9 Å². The van der Waals surface area contributed by atoms with Crippen molar-refractivity contribution < 1.29 is 4.79 Å². The Labute approximate surface area is 115 Å². The molecule has 1 rings (SSSR count). The van der Waals surface area contributed by atoms with Crippen LogP contribution in [0, 0.1) is 0 Å². The Balaban J connectivity index is 2.36. The number of hydrogen-bond acceptors (Lipinski definition) is 4. The predicted octanol–water partition coefficient (Wildman–Crippen LogP) is 2.61. The molecule has 106 valence electrons. The lowest BCUT2D eigenvalue weighted by atomic mass is 10.2. The summed E-state index contributed by atoms with van der Waals surface area (Å²) in [5, 5.41) is 6.01. The zero-order valence-corrected chi connectivity index (χ0v) is 11.9. The molecule has 0 aliphatic heterocycles. The first-order chi connectivity index (χ1) is 9.27. The molecule has 5 heteroatoms. The third kappa shape index (κ3) is 6.18. The molecule has 0 fully saturated rings. The minimum absolute atomic E-state index is 0.154. The van der Waals surface area contributed by atoms with Gasteiger partial charge in [0.25, 0.3) is 5.91 Å². The summed E-state index contributed by atoms with van der Waals surface area (Å²) in [7, 11) is 0. The summed E-state index contributed by atoms with van der Waals surface area (Å²) in [6.07, 6.45) is 8.70. The molecule has 0 aliphatic rings. The van der Waals surface area contributed by atoms with Crippen LogP contribution in [-0.4, -0.2) is 29.0 Å². The van der Waals surface area contributed by atoms with Crippen LogP contribution in [0.4, 0.5) is 5.82 Å². The number of nitrogens with zero attached hydrogens (tertiary/aromatic N) is 2. The van der Waals surface area contributed by atoms with Gasteiger partial charge in [0.2, 0.25) is 0 Å². The van der Waals surface area contributed by atoms with Crippen molar-refractivity contribution >= 4 is 11.7 Å². The third-order valence-electron chi connectivity index (χ3n) is 2.79. The second-order valence-corrected chi connectivity index (χ2v) is 4.53. The van der Waals surface area contributed by atoms with Crippen LogP contribution in [-0.2, 0) is 0 Å². The van der Waals surface area contributed by atoms with Gasteiger partial charge in [-0.25, -0.2) is 9.97 Å². The van der Waals surface area contributed by atoms with E-state index in [-0.39, 0.29) is 5.91 Å².